The Labute approximate surface area is 318 Å². The Hall–Kier alpha value is -4.95. The molecule has 15 heteroatoms. The van der Waals surface area contributed by atoms with E-state index in [1.807, 2.05) is 29.9 Å². The molecular formula is C39H47ClN10O4. The standard InChI is InChI=1S/C39H47ClN10O4/c1-38(2,54)16-18-49-31-19-23(7-11-29(31)47(4)37(49)53)42-34-28(40)22-41-36(44-34)46(3)25-13-17-50(39(21-25)14-6-15-39)24-8-9-26-30(20-24)48(5)45-33(26)27-10-12-32(51)43-35(27)52/h7-9,11,19-20,22,25,27,54H,6,10,12-18,21H2,1-5H3,(H,41,42,44)(H,43,51,52). The summed E-state index contributed by atoms with van der Waals surface area (Å²) in [6, 6.07) is 12.4. The number of anilines is 4. The number of rotatable bonds is 9. The van der Waals surface area contributed by atoms with Crippen LogP contribution in [0, 0.1) is 0 Å². The van der Waals surface area contributed by atoms with Crippen LogP contribution in [0.25, 0.3) is 21.9 Å². The van der Waals surface area contributed by atoms with Crippen molar-refractivity contribution < 1.29 is 14.7 Å². The number of nitrogens with zero attached hydrogens (tertiary/aromatic N) is 8. The number of nitrogens with one attached hydrogen (secondary N) is 2. The lowest BCUT2D eigenvalue weighted by atomic mass is 9.68. The molecule has 2 aliphatic heterocycles. The number of piperidine rings is 2. The van der Waals surface area contributed by atoms with Gasteiger partial charge in [-0.05, 0) is 95.2 Å². The van der Waals surface area contributed by atoms with Gasteiger partial charge in [0.05, 0.1) is 40.0 Å². The Balaban J connectivity index is 1.01. The maximum Gasteiger partial charge on any atom is 0.328 e. The van der Waals surface area contributed by atoms with E-state index in [2.05, 4.69) is 50.7 Å². The molecule has 2 atom stereocenters. The Morgan fingerprint density at radius 1 is 1.07 bits per heavy atom. The largest absolute Gasteiger partial charge is 0.390 e. The molecule has 1 saturated carbocycles. The van der Waals surface area contributed by atoms with Crippen molar-refractivity contribution >= 4 is 68.5 Å². The fourth-order valence-electron chi connectivity index (χ4n) is 8.62. The van der Waals surface area contributed by atoms with Crippen molar-refractivity contribution in [1.29, 1.82) is 0 Å². The first-order valence-electron chi connectivity index (χ1n) is 18.7. The van der Waals surface area contributed by atoms with Crippen molar-refractivity contribution in [2.75, 3.05) is 28.7 Å². The Morgan fingerprint density at radius 3 is 2.59 bits per heavy atom. The average Bonchev–Trinajstić information content (AvgIpc) is 3.57. The van der Waals surface area contributed by atoms with Gasteiger partial charge >= 0.3 is 5.69 Å². The smallest absolute Gasteiger partial charge is 0.328 e. The van der Waals surface area contributed by atoms with Gasteiger partial charge in [0.2, 0.25) is 17.8 Å². The molecule has 2 aromatic carbocycles. The zero-order valence-electron chi connectivity index (χ0n) is 31.4. The zero-order valence-corrected chi connectivity index (χ0v) is 32.2. The highest BCUT2D eigenvalue weighted by Gasteiger charge is 2.48. The number of aromatic nitrogens is 6. The van der Waals surface area contributed by atoms with Crippen molar-refractivity contribution in [1.82, 2.24) is 34.2 Å². The lowest BCUT2D eigenvalue weighted by molar-refractivity contribution is -0.134. The summed E-state index contributed by atoms with van der Waals surface area (Å²) in [4.78, 5) is 51.8. The minimum absolute atomic E-state index is 0.00945. The van der Waals surface area contributed by atoms with Gasteiger partial charge in [-0.3, -0.25) is 28.7 Å². The number of imidazole rings is 1. The molecule has 2 amide bonds. The maximum absolute atomic E-state index is 13.1. The zero-order chi connectivity index (χ0) is 38.1. The van der Waals surface area contributed by atoms with Crippen LogP contribution in [0.3, 0.4) is 0 Å². The van der Waals surface area contributed by atoms with Gasteiger partial charge in [-0.15, -0.1) is 0 Å². The molecule has 3 N–H and O–H groups in total. The second-order valence-electron chi connectivity index (χ2n) is 16.0. The Morgan fingerprint density at radius 2 is 1.87 bits per heavy atom. The van der Waals surface area contributed by atoms with Crippen LogP contribution in [0.5, 0.6) is 0 Å². The summed E-state index contributed by atoms with van der Waals surface area (Å²) in [5.74, 6) is 0.117. The molecule has 2 unspecified atom stereocenters. The topological polar surface area (TPSA) is 155 Å². The third kappa shape index (κ3) is 6.38. The molecule has 5 aromatic rings. The van der Waals surface area contributed by atoms with E-state index in [4.69, 9.17) is 21.7 Å². The summed E-state index contributed by atoms with van der Waals surface area (Å²) < 4.78 is 5.16. The third-order valence-electron chi connectivity index (χ3n) is 11.9. The van der Waals surface area contributed by atoms with Gasteiger partial charge in [-0.2, -0.15) is 10.1 Å². The van der Waals surface area contributed by atoms with E-state index in [0.717, 1.165) is 71.2 Å². The highest BCUT2D eigenvalue weighted by molar-refractivity contribution is 6.33. The van der Waals surface area contributed by atoms with E-state index < -0.39 is 11.5 Å². The third-order valence-corrected chi connectivity index (χ3v) is 12.1. The monoisotopic (exact) mass is 754 g/mol. The number of hydrogen-bond donors (Lipinski definition) is 3. The number of halogens is 1. The molecule has 54 heavy (non-hydrogen) atoms. The second-order valence-corrected chi connectivity index (χ2v) is 16.4. The SMILES string of the molecule is CN(c1ncc(Cl)c(Nc2ccc3c(c2)n(CCC(C)(C)O)c(=O)n3C)n1)C1CCN(c2ccc3c(C4CCC(=O)NC4=O)nn(C)c3c2)C2(CCC2)C1. The number of aryl methyl sites for hydroxylation is 3. The maximum atomic E-state index is 13.1. The average molecular weight is 755 g/mol. The van der Waals surface area contributed by atoms with E-state index in [1.54, 1.807) is 36.2 Å². The highest BCUT2D eigenvalue weighted by atomic mass is 35.5. The van der Waals surface area contributed by atoms with Crippen LogP contribution in [0.2, 0.25) is 5.02 Å². The molecule has 8 rings (SSSR count). The predicted molar refractivity (Wildman–Crippen MR) is 210 cm³/mol. The molecule has 3 fully saturated rings. The second kappa shape index (κ2) is 13.4. The van der Waals surface area contributed by atoms with E-state index in [9.17, 15) is 19.5 Å². The Bertz CT molecular complexity index is 2350. The number of carbonyl (C=O) groups is 2. The van der Waals surface area contributed by atoms with Crippen molar-refractivity contribution in [3.63, 3.8) is 0 Å². The molecule has 0 bridgehead atoms. The molecular weight excluding hydrogens is 708 g/mol. The van der Waals surface area contributed by atoms with Crippen LogP contribution in [0.4, 0.5) is 23.1 Å². The number of aliphatic hydroxyl groups is 1. The minimum atomic E-state index is -0.900. The molecule has 284 valence electrons. The van der Waals surface area contributed by atoms with Gasteiger partial charge in [-0.1, -0.05) is 11.6 Å². The first-order valence-corrected chi connectivity index (χ1v) is 19.1. The number of benzene rings is 2. The minimum Gasteiger partial charge on any atom is -0.390 e. The number of imide groups is 1. The summed E-state index contributed by atoms with van der Waals surface area (Å²) in [6.07, 6.45) is 8.07. The predicted octanol–water partition coefficient (Wildman–Crippen LogP) is 5.12. The van der Waals surface area contributed by atoms with Gasteiger partial charge in [0.15, 0.2) is 5.82 Å². The van der Waals surface area contributed by atoms with Crippen LogP contribution >= 0.6 is 11.6 Å². The van der Waals surface area contributed by atoms with Crippen LogP contribution in [-0.2, 0) is 30.2 Å². The molecule has 0 radical (unpaired) electrons. The van der Waals surface area contributed by atoms with E-state index in [0.29, 0.717) is 42.6 Å². The number of amides is 2. The number of hydrogen-bond acceptors (Lipinski definition) is 10. The lowest BCUT2D eigenvalue weighted by Crippen LogP contribution is -2.62. The van der Waals surface area contributed by atoms with E-state index >= 15 is 0 Å². The summed E-state index contributed by atoms with van der Waals surface area (Å²) >= 11 is 6.65. The molecule has 3 aromatic heterocycles. The fourth-order valence-corrected chi connectivity index (χ4v) is 8.76. The van der Waals surface area contributed by atoms with Crippen LogP contribution in [0.15, 0.2) is 47.4 Å². The quantitative estimate of drug-likeness (QED) is 0.173. The van der Waals surface area contributed by atoms with Gasteiger partial charge in [0.1, 0.15) is 5.02 Å². The molecule has 2 saturated heterocycles. The molecule has 1 spiro atoms. The number of fused-ring (bicyclic) bond motifs is 2. The first kappa shape index (κ1) is 36.0. The highest BCUT2D eigenvalue weighted by Crippen LogP contribution is 2.48. The normalized spacial score (nSPS) is 20.1. The molecule has 1 aliphatic carbocycles. The van der Waals surface area contributed by atoms with Gasteiger partial charge < -0.3 is 20.2 Å². The molecule has 5 heterocycles. The summed E-state index contributed by atoms with van der Waals surface area (Å²) in [7, 11) is 5.71. The summed E-state index contributed by atoms with van der Waals surface area (Å²) in [5.41, 5.74) is 4.10. The van der Waals surface area contributed by atoms with Crippen molar-refractivity contribution in [2.45, 2.75) is 94.9 Å². The van der Waals surface area contributed by atoms with Crippen molar-refractivity contribution in [2.24, 2.45) is 14.1 Å². The van der Waals surface area contributed by atoms with Gasteiger partial charge in [0.25, 0.3) is 0 Å². The first-order chi connectivity index (χ1) is 25.7. The molecule has 3 aliphatic rings. The van der Waals surface area contributed by atoms with Gasteiger partial charge in [-0.25, -0.2) is 9.78 Å². The summed E-state index contributed by atoms with van der Waals surface area (Å²) in [6.45, 7) is 4.73. The van der Waals surface area contributed by atoms with Crippen molar-refractivity contribution in [3.8, 4) is 0 Å². The Kier molecular flexibility index (Phi) is 8.95. The number of carbonyl (C=O) groups excluding carboxylic acids is 2. The van der Waals surface area contributed by atoms with Gasteiger partial charge in [0, 0.05) is 69.0 Å². The molecule has 14 nitrogen and oxygen atoms in total. The van der Waals surface area contributed by atoms with E-state index in [-0.39, 0.29) is 29.1 Å². The van der Waals surface area contributed by atoms with Crippen LogP contribution < -0.4 is 26.1 Å². The lowest BCUT2D eigenvalue weighted by Gasteiger charge is -2.57. The fraction of sp³-hybridized carbons (Fsp3) is 0.487. The van der Waals surface area contributed by atoms with E-state index in [1.165, 1.54) is 6.42 Å². The van der Waals surface area contributed by atoms with Crippen LogP contribution in [0.1, 0.15) is 76.8 Å². The summed E-state index contributed by atoms with van der Waals surface area (Å²) in [5, 5.41) is 22.2. The van der Waals surface area contributed by atoms with Crippen LogP contribution in [-0.4, -0.2) is 76.6 Å². The van der Waals surface area contributed by atoms with Crippen molar-refractivity contribution in [3.05, 3.63) is 63.8 Å².